The van der Waals surface area contributed by atoms with Crippen LogP contribution in [0.15, 0.2) is 23.3 Å². The summed E-state index contributed by atoms with van der Waals surface area (Å²) in [6, 6.07) is 0. The molecule has 1 saturated carbocycles. The first kappa shape index (κ1) is 20.9. The van der Waals surface area contributed by atoms with E-state index in [-0.39, 0.29) is 5.41 Å². The Morgan fingerprint density at radius 1 is 1.09 bits per heavy atom. The molecule has 0 aromatic rings. The van der Waals surface area contributed by atoms with Gasteiger partial charge in [0.2, 0.25) is 0 Å². The van der Waals surface area contributed by atoms with Crippen LogP contribution >= 0.6 is 12.6 Å². The minimum atomic E-state index is 0.178. The van der Waals surface area contributed by atoms with Crippen molar-refractivity contribution in [3.63, 3.8) is 0 Å². The second kappa shape index (κ2) is 8.79. The van der Waals surface area contributed by atoms with E-state index in [0.717, 1.165) is 18.3 Å². The Balaban J connectivity index is 3.04. The summed E-state index contributed by atoms with van der Waals surface area (Å²) in [5, 5.41) is 0.448. The molecule has 4 unspecified atom stereocenters. The maximum Gasteiger partial charge on any atom is 0.00371 e. The molecule has 0 nitrogen and oxygen atoms in total. The van der Waals surface area contributed by atoms with Crippen LogP contribution in [0.2, 0.25) is 0 Å². The normalized spacial score (nSPS) is 21.7. The van der Waals surface area contributed by atoms with Gasteiger partial charge in [0.1, 0.15) is 0 Å². The molecule has 1 fully saturated rings. The smallest absolute Gasteiger partial charge is 0.00371 e. The molecule has 4 atom stereocenters. The highest BCUT2D eigenvalue weighted by Crippen LogP contribution is 2.40. The van der Waals surface area contributed by atoms with Crippen LogP contribution in [-0.2, 0) is 0 Å². The summed E-state index contributed by atoms with van der Waals surface area (Å²) in [5.74, 6) is 2.70. The predicted molar refractivity (Wildman–Crippen MR) is 109 cm³/mol. The zero-order valence-electron chi connectivity index (χ0n) is 16.8. The molecule has 0 amide bonds. The molecule has 0 radical (unpaired) electrons. The van der Waals surface area contributed by atoms with Crippen molar-refractivity contribution in [2.24, 2.45) is 29.1 Å². The lowest BCUT2D eigenvalue weighted by Gasteiger charge is -2.33. The van der Waals surface area contributed by atoms with Crippen molar-refractivity contribution in [3.05, 3.63) is 23.3 Å². The molecular formula is C22H40S. The van der Waals surface area contributed by atoms with Gasteiger partial charge in [-0.2, -0.15) is 12.6 Å². The van der Waals surface area contributed by atoms with E-state index in [1.165, 1.54) is 19.3 Å². The largest absolute Gasteiger partial charge is 0.176 e. The molecule has 0 bridgehead atoms. The van der Waals surface area contributed by atoms with E-state index >= 15 is 0 Å². The second-order valence-electron chi connectivity index (χ2n) is 8.95. The lowest BCUT2D eigenvalue weighted by molar-refractivity contribution is 0.336. The van der Waals surface area contributed by atoms with Crippen molar-refractivity contribution in [2.75, 3.05) is 0 Å². The van der Waals surface area contributed by atoms with Crippen LogP contribution < -0.4 is 0 Å². The molecule has 23 heavy (non-hydrogen) atoms. The fraction of sp³-hybridized carbons (Fsp3) is 0.818. The molecule has 1 aliphatic rings. The van der Waals surface area contributed by atoms with Crippen molar-refractivity contribution in [1.82, 2.24) is 0 Å². The first-order valence-electron chi connectivity index (χ1n) is 9.64. The molecule has 1 aliphatic carbocycles. The molecule has 0 spiro atoms. The number of thiol groups is 1. The first-order chi connectivity index (χ1) is 10.5. The molecule has 0 aromatic heterocycles. The number of hydrogen-bond acceptors (Lipinski definition) is 1. The minimum Gasteiger partial charge on any atom is -0.176 e. The molecule has 1 rings (SSSR count). The van der Waals surface area contributed by atoms with Gasteiger partial charge in [-0.25, -0.2) is 0 Å². The average Bonchev–Trinajstić information content (AvgIpc) is 2.40. The van der Waals surface area contributed by atoms with Crippen molar-refractivity contribution >= 4 is 12.6 Å². The molecular weight excluding hydrogens is 296 g/mol. The predicted octanol–water partition coefficient (Wildman–Crippen LogP) is 7.32. The highest BCUT2D eigenvalue weighted by Gasteiger charge is 2.27. The Bertz CT molecular complexity index is 419. The lowest BCUT2D eigenvalue weighted by atomic mass is 9.73. The van der Waals surface area contributed by atoms with Gasteiger partial charge < -0.3 is 0 Å². The van der Waals surface area contributed by atoms with Crippen LogP contribution in [-0.4, -0.2) is 5.25 Å². The van der Waals surface area contributed by atoms with Gasteiger partial charge in [0.25, 0.3) is 0 Å². The summed E-state index contributed by atoms with van der Waals surface area (Å²) < 4.78 is 0. The monoisotopic (exact) mass is 336 g/mol. The fourth-order valence-corrected chi connectivity index (χ4v) is 3.37. The van der Waals surface area contributed by atoms with Gasteiger partial charge in [0, 0.05) is 10.7 Å². The van der Waals surface area contributed by atoms with Crippen molar-refractivity contribution in [1.29, 1.82) is 0 Å². The van der Waals surface area contributed by atoms with Crippen LogP contribution in [0.1, 0.15) is 81.1 Å². The lowest BCUT2D eigenvalue weighted by Crippen LogP contribution is -2.21. The molecule has 1 heteroatoms. The highest BCUT2D eigenvalue weighted by atomic mass is 32.1. The van der Waals surface area contributed by atoms with Gasteiger partial charge in [0.05, 0.1) is 0 Å². The third kappa shape index (κ3) is 6.33. The Morgan fingerprint density at radius 3 is 2.04 bits per heavy atom. The van der Waals surface area contributed by atoms with E-state index in [4.69, 9.17) is 0 Å². The van der Waals surface area contributed by atoms with Gasteiger partial charge in [-0.3, -0.25) is 0 Å². The standard InChI is InChI=1S/C22H40S/c1-15(2)18(5)16(3)12-21(13-17(4)19(6)23)22(7,8)14-20-10-9-11-20/h12,14-19,23H,9-11,13H2,1-8H3. The quantitative estimate of drug-likeness (QED) is 0.348. The number of rotatable bonds is 8. The molecule has 0 aromatic carbocycles. The van der Waals surface area contributed by atoms with E-state index in [1.54, 1.807) is 11.1 Å². The number of hydrogen-bond donors (Lipinski definition) is 1. The minimum absolute atomic E-state index is 0.178. The zero-order valence-corrected chi connectivity index (χ0v) is 17.7. The average molecular weight is 337 g/mol. The van der Waals surface area contributed by atoms with Crippen LogP contribution in [0.25, 0.3) is 0 Å². The van der Waals surface area contributed by atoms with Crippen molar-refractivity contribution < 1.29 is 0 Å². The zero-order chi connectivity index (χ0) is 17.8. The highest BCUT2D eigenvalue weighted by molar-refractivity contribution is 7.80. The van der Waals surface area contributed by atoms with Crippen LogP contribution in [0.5, 0.6) is 0 Å². The van der Waals surface area contributed by atoms with E-state index in [2.05, 4.69) is 80.2 Å². The Hall–Kier alpha value is -0.170. The van der Waals surface area contributed by atoms with E-state index in [1.807, 2.05) is 0 Å². The first-order valence-corrected chi connectivity index (χ1v) is 10.2. The van der Waals surface area contributed by atoms with Crippen molar-refractivity contribution in [2.45, 2.75) is 86.3 Å². The Labute approximate surface area is 151 Å². The summed E-state index contributed by atoms with van der Waals surface area (Å²) in [6.07, 6.45) is 10.3. The molecule has 0 aliphatic heterocycles. The maximum absolute atomic E-state index is 4.68. The molecule has 134 valence electrons. The van der Waals surface area contributed by atoms with Crippen molar-refractivity contribution in [3.8, 4) is 0 Å². The summed E-state index contributed by atoms with van der Waals surface area (Å²) in [6.45, 7) is 18.9. The number of allylic oxidation sites excluding steroid dienone is 4. The van der Waals surface area contributed by atoms with E-state index in [9.17, 15) is 0 Å². The van der Waals surface area contributed by atoms with Gasteiger partial charge in [-0.05, 0) is 49.4 Å². The third-order valence-electron chi connectivity index (χ3n) is 6.10. The summed E-state index contributed by atoms with van der Waals surface area (Å²) in [4.78, 5) is 0. The van der Waals surface area contributed by atoms with Crippen LogP contribution in [0.3, 0.4) is 0 Å². The summed E-state index contributed by atoms with van der Waals surface area (Å²) in [7, 11) is 0. The molecule has 0 heterocycles. The second-order valence-corrected chi connectivity index (χ2v) is 9.77. The SMILES string of the molecule is CC(C)C(C)C(C)C=C(CC(C)C(C)S)C(C)(C)C=C1CCC1. The summed E-state index contributed by atoms with van der Waals surface area (Å²) >= 11 is 4.68. The topological polar surface area (TPSA) is 0 Å². The molecule has 0 N–H and O–H groups in total. The Morgan fingerprint density at radius 2 is 1.65 bits per heavy atom. The van der Waals surface area contributed by atoms with Gasteiger partial charge in [-0.1, -0.05) is 78.7 Å². The third-order valence-corrected chi connectivity index (χ3v) is 6.61. The van der Waals surface area contributed by atoms with Crippen LogP contribution in [0, 0.1) is 29.1 Å². The fourth-order valence-electron chi connectivity index (χ4n) is 3.27. The summed E-state index contributed by atoms with van der Waals surface area (Å²) in [5.41, 5.74) is 3.46. The van der Waals surface area contributed by atoms with Gasteiger partial charge in [0.15, 0.2) is 0 Å². The Kier molecular flexibility index (Phi) is 7.98. The van der Waals surface area contributed by atoms with Gasteiger partial charge >= 0.3 is 0 Å². The van der Waals surface area contributed by atoms with Crippen LogP contribution in [0.4, 0.5) is 0 Å². The van der Waals surface area contributed by atoms with E-state index in [0.29, 0.717) is 17.1 Å². The van der Waals surface area contributed by atoms with Gasteiger partial charge in [-0.15, -0.1) is 0 Å². The van der Waals surface area contributed by atoms with E-state index < -0.39 is 0 Å². The molecule has 0 saturated heterocycles. The maximum atomic E-state index is 4.68.